The zero-order valence-corrected chi connectivity index (χ0v) is 11.6. The van der Waals surface area contributed by atoms with Crippen LogP contribution in [-0.2, 0) is 4.79 Å². The zero-order valence-electron chi connectivity index (χ0n) is 10.8. The van der Waals surface area contributed by atoms with Crippen LogP contribution in [-0.4, -0.2) is 17.7 Å². The summed E-state index contributed by atoms with van der Waals surface area (Å²) in [5.74, 6) is 0.633. The maximum Gasteiger partial charge on any atom is 0.230 e. The van der Waals surface area contributed by atoms with E-state index in [1.165, 1.54) is 10.5 Å². The van der Waals surface area contributed by atoms with Gasteiger partial charge in [0.25, 0.3) is 0 Å². The number of amides is 1. The van der Waals surface area contributed by atoms with E-state index in [2.05, 4.69) is 38.2 Å². The molecular formula is C14H21NOS. The van der Waals surface area contributed by atoms with Crippen molar-refractivity contribution in [2.75, 3.05) is 5.75 Å². The Morgan fingerprint density at radius 1 is 1.29 bits per heavy atom. The Labute approximate surface area is 108 Å². The number of carbonyl (C=O) groups is 1. The Bertz CT molecular complexity index is 361. The predicted octanol–water partition coefficient (Wildman–Crippen LogP) is 3.39. The third-order valence-corrected chi connectivity index (χ3v) is 3.98. The molecule has 0 atom stereocenters. The Kier molecular flexibility index (Phi) is 6.12. The third kappa shape index (κ3) is 4.82. The van der Waals surface area contributed by atoms with Crippen LogP contribution >= 0.6 is 11.8 Å². The molecule has 1 N–H and O–H groups in total. The van der Waals surface area contributed by atoms with Gasteiger partial charge in [-0.1, -0.05) is 32.0 Å². The Morgan fingerprint density at radius 3 is 2.53 bits per heavy atom. The molecule has 0 aliphatic carbocycles. The van der Waals surface area contributed by atoms with E-state index >= 15 is 0 Å². The maximum absolute atomic E-state index is 11.7. The first-order valence-corrected chi connectivity index (χ1v) is 7.13. The van der Waals surface area contributed by atoms with Gasteiger partial charge >= 0.3 is 0 Å². The van der Waals surface area contributed by atoms with Crippen LogP contribution in [0.2, 0.25) is 0 Å². The average molecular weight is 251 g/mol. The van der Waals surface area contributed by atoms with Crippen molar-refractivity contribution < 1.29 is 4.79 Å². The molecular weight excluding hydrogens is 230 g/mol. The average Bonchev–Trinajstić information content (AvgIpc) is 2.35. The fourth-order valence-electron chi connectivity index (χ4n) is 1.62. The number of hydrogen-bond donors (Lipinski definition) is 1. The SMILES string of the molecule is CCC(CC)NC(=O)CSc1ccccc1C. The Morgan fingerprint density at radius 2 is 1.94 bits per heavy atom. The molecule has 0 unspecified atom stereocenters. The molecule has 94 valence electrons. The highest BCUT2D eigenvalue weighted by molar-refractivity contribution is 8.00. The van der Waals surface area contributed by atoms with E-state index in [4.69, 9.17) is 0 Å². The molecule has 0 heterocycles. The van der Waals surface area contributed by atoms with E-state index in [0.29, 0.717) is 11.8 Å². The number of nitrogens with one attached hydrogen (secondary N) is 1. The van der Waals surface area contributed by atoms with Gasteiger partial charge in [0, 0.05) is 10.9 Å². The van der Waals surface area contributed by atoms with Gasteiger partial charge in [-0.25, -0.2) is 0 Å². The minimum absolute atomic E-state index is 0.131. The lowest BCUT2D eigenvalue weighted by atomic mass is 10.2. The topological polar surface area (TPSA) is 29.1 Å². The first-order chi connectivity index (χ1) is 8.17. The van der Waals surface area contributed by atoms with Crippen molar-refractivity contribution >= 4 is 17.7 Å². The molecule has 0 saturated carbocycles. The molecule has 2 nitrogen and oxygen atoms in total. The molecule has 0 aliphatic rings. The van der Waals surface area contributed by atoms with E-state index in [0.717, 1.165) is 12.8 Å². The van der Waals surface area contributed by atoms with Crippen LogP contribution in [0.1, 0.15) is 32.3 Å². The summed E-state index contributed by atoms with van der Waals surface area (Å²) in [6.45, 7) is 6.27. The van der Waals surface area contributed by atoms with Crippen LogP contribution in [0.3, 0.4) is 0 Å². The highest BCUT2D eigenvalue weighted by Gasteiger charge is 2.09. The lowest BCUT2D eigenvalue weighted by molar-refractivity contribution is -0.119. The van der Waals surface area contributed by atoms with Gasteiger partial charge in [-0.3, -0.25) is 4.79 Å². The summed E-state index contributed by atoms with van der Waals surface area (Å²) >= 11 is 1.61. The number of rotatable bonds is 6. The minimum atomic E-state index is 0.131. The van der Waals surface area contributed by atoms with Crippen LogP contribution < -0.4 is 5.32 Å². The number of benzene rings is 1. The summed E-state index contributed by atoms with van der Waals surface area (Å²) in [5.41, 5.74) is 1.23. The molecule has 1 aromatic carbocycles. The van der Waals surface area contributed by atoms with Crippen molar-refractivity contribution in [2.45, 2.75) is 44.6 Å². The van der Waals surface area contributed by atoms with Gasteiger partial charge in [-0.15, -0.1) is 11.8 Å². The summed E-state index contributed by atoms with van der Waals surface area (Å²) in [6.07, 6.45) is 1.99. The van der Waals surface area contributed by atoms with Gasteiger partial charge in [0.05, 0.1) is 5.75 Å². The summed E-state index contributed by atoms with van der Waals surface area (Å²) in [6, 6.07) is 8.48. The molecule has 1 aromatic rings. The molecule has 0 aliphatic heterocycles. The smallest absolute Gasteiger partial charge is 0.230 e. The Hall–Kier alpha value is -0.960. The standard InChI is InChI=1S/C14H21NOS/c1-4-12(5-2)15-14(16)10-17-13-9-7-6-8-11(13)3/h6-9,12H,4-5,10H2,1-3H3,(H,15,16). The van der Waals surface area contributed by atoms with Crippen molar-refractivity contribution in [3.8, 4) is 0 Å². The zero-order chi connectivity index (χ0) is 12.7. The van der Waals surface area contributed by atoms with Gasteiger partial charge in [-0.05, 0) is 31.4 Å². The fraction of sp³-hybridized carbons (Fsp3) is 0.500. The number of thioether (sulfide) groups is 1. The highest BCUT2D eigenvalue weighted by atomic mass is 32.2. The van der Waals surface area contributed by atoms with E-state index in [-0.39, 0.29) is 5.91 Å². The monoisotopic (exact) mass is 251 g/mol. The van der Waals surface area contributed by atoms with Crippen LogP contribution in [0.25, 0.3) is 0 Å². The van der Waals surface area contributed by atoms with E-state index in [9.17, 15) is 4.79 Å². The molecule has 0 radical (unpaired) electrons. The van der Waals surface area contributed by atoms with Gasteiger partial charge in [0.2, 0.25) is 5.91 Å². The van der Waals surface area contributed by atoms with Gasteiger partial charge in [0.1, 0.15) is 0 Å². The predicted molar refractivity (Wildman–Crippen MR) is 74.4 cm³/mol. The normalized spacial score (nSPS) is 10.6. The fourth-order valence-corrected chi connectivity index (χ4v) is 2.46. The lowest BCUT2D eigenvalue weighted by Gasteiger charge is -2.14. The number of hydrogen-bond acceptors (Lipinski definition) is 2. The van der Waals surface area contributed by atoms with Crippen LogP contribution in [0.5, 0.6) is 0 Å². The van der Waals surface area contributed by atoms with Crippen molar-refractivity contribution in [2.24, 2.45) is 0 Å². The van der Waals surface area contributed by atoms with Gasteiger partial charge < -0.3 is 5.32 Å². The van der Waals surface area contributed by atoms with Crippen molar-refractivity contribution in [1.29, 1.82) is 0 Å². The molecule has 0 fully saturated rings. The van der Waals surface area contributed by atoms with Gasteiger partial charge in [-0.2, -0.15) is 0 Å². The lowest BCUT2D eigenvalue weighted by Crippen LogP contribution is -2.34. The van der Waals surface area contributed by atoms with E-state index in [1.807, 2.05) is 12.1 Å². The molecule has 0 saturated heterocycles. The van der Waals surface area contributed by atoms with Crippen LogP contribution in [0.4, 0.5) is 0 Å². The van der Waals surface area contributed by atoms with Crippen LogP contribution in [0, 0.1) is 6.92 Å². The van der Waals surface area contributed by atoms with E-state index < -0.39 is 0 Å². The number of carbonyl (C=O) groups excluding carboxylic acids is 1. The first-order valence-electron chi connectivity index (χ1n) is 6.15. The summed E-state index contributed by atoms with van der Waals surface area (Å²) in [5, 5.41) is 3.05. The summed E-state index contributed by atoms with van der Waals surface area (Å²) in [4.78, 5) is 12.9. The first kappa shape index (κ1) is 14.1. The molecule has 0 spiro atoms. The molecule has 0 bridgehead atoms. The minimum Gasteiger partial charge on any atom is -0.353 e. The van der Waals surface area contributed by atoms with Gasteiger partial charge in [0.15, 0.2) is 0 Å². The molecule has 1 amide bonds. The second-order valence-corrected chi connectivity index (χ2v) is 5.15. The highest BCUT2D eigenvalue weighted by Crippen LogP contribution is 2.21. The second kappa shape index (κ2) is 7.38. The largest absolute Gasteiger partial charge is 0.353 e. The molecule has 1 rings (SSSR count). The summed E-state index contributed by atoms with van der Waals surface area (Å²) in [7, 11) is 0. The summed E-state index contributed by atoms with van der Waals surface area (Å²) < 4.78 is 0. The second-order valence-electron chi connectivity index (χ2n) is 4.14. The van der Waals surface area contributed by atoms with Crippen molar-refractivity contribution in [3.05, 3.63) is 29.8 Å². The van der Waals surface area contributed by atoms with E-state index in [1.54, 1.807) is 11.8 Å². The maximum atomic E-state index is 11.7. The number of aryl methyl sites for hydroxylation is 1. The quantitative estimate of drug-likeness (QED) is 0.785. The van der Waals surface area contributed by atoms with Crippen LogP contribution in [0.15, 0.2) is 29.2 Å². The molecule has 17 heavy (non-hydrogen) atoms. The Balaban J connectivity index is 2.41. The van der Waals surface area contributed by atoms with Crippen molar-refractivity contribution in [3.63, 3.8) is 0 Å². The third-order valence-electron chi connectivity index (χ3n) is 2.80. The molecule has 3 heteroatoms. The molecule has 0 aromatic heterocycles. The van der Waals surface area contributed by atoms with Crippen molar-refractivity contribution in [1.82, 2.24) is 5.32 Å².